The van der Waals surface area contributed by atoms with Gasteiger partial charge in [0, 0.05) is 18.8 Å². The Labute approximate surface area is 151 Å². The highest BCUT2D eigenvalue weighted by Gasteiger charge is 2.22. The van der Waals surface area contributed by atoms with Crippen LogP contribution in [-0.2, 0) is 23.1 Å². The maximum atomic E-state index is 12.8. The predicted octanol–water partition coefficient (Wildman–Crippen LogP) is 1.95. The molecule has 0 aliphatic heterocycles. The lowest BCUT2D eigenvalue weighted by atomic mass is 10.3. The molecule has 138 valence electrons. The molecule has 0 spiro atoms. The quantitative estimate of drug-likeness (QED) is 0.677. The summed E-state index contributed by atoms with van der Waals surface area (Å²) in [5.41, 5.74) is 1.45. The predicted molar refractivity (Wildman–Crippen MR) is 96.8 cm³/mol. The van der Waals surface area contributed by atoms with Crippen LogP contribution in [0.25, 0.3) is 11.2 Å². The molecule has 0 bridgehead atoms. The first-order valence-corrected chi connectivity index (χ1v) is 9.50. The van der Waals surface area contributed by atoms with E-state index in [1.165, 1.54) is 20.3 Å². The van der Waals surface area contributed by atoms with Gasteiger partial charge in [0.2, 0.25) is 10.0 Å². The van der Waals surface area contributed by atoms with Gasteiger partial charge in [-0.25, -0.2) is 23.1 Å². The number of benzene rings is 1. The van der Waals surface area contributed by atoms with Crippen LogP contribution >= 0.6 is 0 Å². The topological polar surface area (TPSA) is 95.3 Å². The fraction of sp³-hybridized carbons (Fsp3) is 0.294. The molecular formula is C17H20N4O4S. The van der Waals surface area contributed by atoms with E-state index >= 15 is 0 Å². The molecule has 1 aromatic carbocycles. The number of imidazole rings is 1. The van der Waals surface area contributed by atoms with Gasteiger partial charge in [-0.1, -0.05) is 0 Å². The molecule has 3 aromatic rings. The number of hydrogen-bond acceptors (Lipinski definition) is 6. The summed E-state index contributed by atoms with van der Waals surface area (Å²) in [5, 5.41) is 0. The van der Waals surface area contributed by atoms with Crippen LogP contribution in [0.5, 0.6) is 11.5 Å². The van der Waals surface area contributed by atoms with Crippen molar-refractivity contribution < 1.29 is 17.9 Å². The third-order valence-corrected chi connectivity index (χ3v) is 5.40. The van der Waals surface area contributed by atoms with Gasteiger partial charge in [0.1, 0.15) is 27.7 Å². The van der Waals surface area contributed by atoms with E-state index in [-0.39, 0.29) is 17.2 Å². The van der Waals surface area contributed by atoms with Crippen molar-refractivity contribution in [2.75, 3.05) is 14.2 Å². The van der Waals surface area contributed by atoms with Crippen molar-refractivity contribution >= 4 is 21.2 Å². The third kappa shape index (κ3) is 3.35. The highest BCUT2D eigenvalue weighted by atomic mass is 32.2. The van der Waals surface area contributed by atoms with E-state index in [1.54, 1.807) is 24.4 Å². The molecule has 0 saturated heterocycles. The minimum Gasteiger partial charge on any atom is -0.497 e. The molecule has 2 heterocycles. The van der Waals surface area contributed by atoms with E-state index in [1.807, 2.05) is 17.6 Å². The summed E-state index contributed by atoms with van der Waals surface area (Å²) in [6.07, 6.45) is 1.69. The van der Waals surface area contributed by atoms with Crippen molar-refractivity contribution in [2.45, 2.75) is 24.9 Å². The van der Waals surface area contributed by atoms with Gasteiger partial charge in [-0.15, -0.1) is 0 Å². The average molecular weight is 376 g/mol. The number of fused-ring (bicyclic) bond motifs is 1. The van der Waals surface area contributed by atoms with Crippen molar-refractivity contribution in [2.24, 2.45) is 0 Å². The summed E-state index contributed by atoms with van der Waals surface area (Å²) in [7, 11) is -0.931. The Morgan fingerprint density at radius 1 is 1.19 bits per heavy atom. The molecule has 26 heavy (non-hydrogen) atoms. The van der Waals surface area contributed by atoms with Crippen LogP contribution in [0.3, 0.4) is 0 Å². The maximum absolute atomic E-state index is 12.8. The van der Waals surface area contributed by atoms with Crippen LogP contribution in [0.1, 0.15) is 12.7 Å². The summed E-state index contributed by atoms with van der Waals surface area (Å²) in [5.74, 6) is 1.26. The minimum atomic E-state index is -3.82. The lowest BCUT2D eigenvalue weighted by Gasteiger charge is -2.12. The highest BCUT2D eigenvalue weighted by molar-refractivity contribution is 7.89. The van der Waals surface area contributed by atoms with Gasteiger partial charge in [0.15, 0.2) is 5.65 Å². The second kappa shape index (κ2) is 7.30. The molecule has 0 unspecified atom stereocenters. The lowest BCUT2D eigenvalue weighted by molar-refractivity contribution is 0.392. The zero-order valence-corrected chi connectivity index (χ0v) is 15.6. The van der Waals surface area contributed by atoms with Crippen molar-refractivity contribution in [3.05, 3.63) is 42.4 Å². The number of ether oxygens (including phenoxy) is 2. The molecule has 0 amide bonds. The number of rotatable bonds is 7. The maximum Gasteiger partial charge on any atom is 0.244 e. The normalized spacial score (nSPS) is 11.7. The first kappa shape index (κ1) is 18.2. The SMILES string of the molecule is CCn1c(CNS(=O)(=O)c2cc(OC)ccc2OC)nc2cccnc21. The average Bonchev–Trinajstić information content (AvgIpc) is 3.03. The first-order valence-electron chi connectivity index (χ1n) is 8.02. The molecule has 3 rings (SSSR count). The molecule has 9 heteroatoms. The standard InChI is InChI=1S/C17H20N4O4S/c1-4-21-16(20-13-6-5-9-18-17(13)21)11-19-26(22,23)15-10-12(24-2)7-8-14(15)25-3/h5-10,19H,4,11H2,1-3H3. The summed E-state index contributed by atoms with van der Waals surface area (Å²) < 4.78 is 40.3. The van der Waals surface area contributed by atoms with Crippen molar-refractivity contribution in [1.29, 1.82) is 0 Å². The lowest BCUT2D eigenvalue weighted by Crippen LogP contribution is -2.25. The second-order valence-electron chi connectivity index (χ2n) is 5.46. The Morgan fingerprint density at radius 2 is 2.00 bits per heavy atom. The zero-order valence-electron chi connectivity index (χ0n) is 14.8. The monoisotopic (exact) mass is 376 g/mol. The molecule has 1 N–H and O–H groups in total. The summed E-state index contributed by atoms with van der Waals surface area (Å²) >= 11 is 0. The van der Waals surface area contributed by atoms with Crippen molar-refractivity contribution in [3.63, 3.8) is 0 Å². The zero-order chi connectivity index (χ0) is 18.7. The van der Waals surface area contributed by atoms with Crippen LogP contribution < -0.4 is 14.2 Å². The number of hydrogen-bond donors (Lipinski definition) is 1. The minimum absolute atomic E-state index is 0.0108. The molecule has 0 atom stereocenters. The Bertz CT molecular complexity index is 1030. The van der Waals surface area contributed by atoms with E-state index in [0.29, 0.717) is 18.1 Å². The Balaban J connectivity index is 1.92. The van der Waals surface area contributed by atoms with Crippen LogP contribution in [0, 0.1) is 0 Å². The molecule has 0 radical (unpaired) electrons. The molecule has 0 aliphatic rings. The van der Waals surface area contributed by atoms with E-state index in [2.05, 4.69) is 14.7 Å². The largest absolute Gasteiger partial charge is 0.497 e. The highest BCUT2D eigenvalue weighted by Crippen LogP contribution is 2.28. The molecule has 2 aromatic heterocycles. The van der Waals surface area contributed by atoms with E-state index in [4.69, 9.17) is 9.47 Å². The van der Waals surface area contributed by atoms with Gasteiger partial charge in [-0.3, -0.25) is 0 Å². The fourth-order valence-corrected chi connectivity index (χ4v) is 3.87. The van der Waals surface area contributed by atoms with Crippen LogP contribution in [0.15, 0.2) is 41.4 Å². The first-order chi connectivity index (χ1) is 12.5. The van der Waals surface area contributed by atoms with Crippen molar-refractivity contribution in [3.8, 4) is 11.5 Å². The summed E-state index contributed by atoms with van der Waals surface area (Å²) in [4.78, 5) is 8.80. The van der Waals surface area contributed by atoms with Crippen LogP contribution in [0.4, 0.5) is 0 Å². The van der Waals surface area contributed by atoms with Gasteiger partial charge in [-0.05, 0) is 31.2 Å². The van der Waals surface area contributed by atoms with Gasteiger partial charge >= 0.3 is 0 Å². The Hall–Kier alpha value is -2.65. The summed E-state index contributed by atoms with van der Waals surface area (Å²) in [6, 6.07) is 8.26. The molecule has 0 fully saturated rings. The van der Waals surface area contributed by atoms with E-state index in [0.717, 1.165) is 11.2 Å². The van der Waals surface area contributed by atoms with E-state index < -0.39 is 10.0 Å². The van der Waals surface area contributed by atoms with Gasteiger partial charge in [0.25, 0.3) is 0 Å². The van der Waals surface area contributed by atoms with Gasteiger partial charge in [-0.2, -0.15) is 0 Å². The number of methoxy groups -OCH3 is 2. The number of nitrogens with zero attached hydrogens (tertiary/aromatic N) is 3. The van der Waals surface area contributed by atoms with Crippen LogP contribution in [0.2, 0.25) is 0 Å². The Morgan fingerprint density at radius 3 is 2.69 bits per heavy atom. The molecule has 0 aliphatic carbocycles. The fourth-order valence-electron chi connectivity index (χ4n) is 2.70. The number of pyridine rings is 1. The molecule has 8 nitrogen and oxygen atoms in total. The van der Waals surface area contributed by atoms with Gasteiger partial charge in [0.05, 0.1) is 20.8 Å². The smallest absolute Gasteiger partial charge is 0.244 e. The third-order valence-electron chi connectivity index (χ3n) is 3.98. The number of nitrogens with one attached hydrogen (secondary N) is 1. The second-order valence-corrected chi connectivity index (χ2v) is 7.20. The Kier molecular flexibility index (Phi) is 5.10. The molecular weight excluding hydrogens is 356 g/mol. The van der Waals surface area contributed by atoms with Crippen molar-refractivity contribution in [1.82, 2.24) is 19.3 Å². The molecule has 0 saturated carbocycles. The van der Waals surface area contributed by atoms with E-state index in [9.17, 15) is 8.42 Å². The summed E-state index contributed by atoms with van der Waals surface area (Å²) in [6.45, 7) is 2.62. The number of aryl methyl sites for hydroxylation is 1. The van der Waals surface area contributed by atoms with Gasteiger partial charge < -0.3 is 14.0 Å². The van der Waals surface area contributed by atoms with Crippen LogP contribution in [-0.4, -0.2) is 37.2 Å². The number of sulfonamides is 1. The number of aromatic nitrogens is 3.